The highest BCUT2D eigenvalue weighted by molar-refractivity contribution is 7.92. The molecule has 1 aromatic heterocycles. The Morgan fingerprint density at radius 2 is 1.72 bits per heavy atom. The van der Waals surface area contributed by atoms with E-state index in [4.69, 9.17) is 4.74 Å². The number of nitrogens with one attached hydrogen (secondary N) is 2. The van der Waals surface area contributed by atoms with Gasteiger partial charge in [-0.2, -0.15) is 4.98 Å². The average Bonchev–Trinajstić information content (AvgIpc) is 2.79. The van der Waals surface area contributed by atoms with E-state index >= 15 is 0 Å². The van der Waals surface area contributed by atoms with Crippen molar-refractivity contribution in [2.45, 2.75) is 58.4 Å². The molecular formula is C27H32N4O4S. The van der Waals surface area contributed by atoms with E-state index in [1.807, 2.05) is 32.0 Å². The van der Waals surface area contributed by atoms with E-state index in [0.717, 1.165) is 23.1 Å². The number of aromatic nitrogens is 2. The van der Waals surface area contributed by atoms with Crippen molar-refractivity contribution in [3.63, 3.8) is 0 Å². The smallest absolute Gasteiger partial charge is 0.264 e. The summed E-state index contributed by atoms with van der Waals surface area (Å²) in [4.78, 5) is 21.8. The number of sulfonamides is 1. The van der Waals surface area contributed by atoms with Crippen molar-refractivity contribution < 1.29 is 17.9 Å². The zero-order chi connectivity index (χ0) is 26.1. The summed E-state index contributed by atoms with van der Waals surface area (Å²) in [7, 11) is -4.06. The third-order valence-electron chi connectivity index (χ3n) is 6.08. The molecule has 8 nitrogen and oxygen atoms in total. The summed E-state index contributed by atoms with van der Waals surface area (Å²) in [6.07, 6.45) is 1.55. The van der Waals surface area contributed by atoms with Crippen molar-refractivity contribution in [1.29, 1.82) is 0 Å². The van der Waals surface area contributed by atoms with E-state index < -0.39 is 10.0 Å². The molecule has 4 bridgehead atoms. The Labute approximate surface area is 212 Å². The number of nitrogens with zero attached hydrogens (tertiary/aromatic N) is 2. The largest absolute Gasteiger partial charge is 0.475 e. The number of ether oxygens (including phenoxy) is 1. The first-order valence-corrected chi connectivity index (χ1v) is 13.4. The van der Waals surface area contributed by atoms with Crippen LogP contribution in [0.3, 0.4) is 0 Å². The number of amides is 1. The predicted octanol–water partition coefficient (Wildman–Crippen LogP) is 4.88. The number of carbonyl (C=O) groups is 1. The van der Waals surface area contributed by atoms with Crippen LogP contribution < -0.4 is 14.8 Å². The first kappa shape index (κ1) is 25.6. The SMILES string of the molecule is Cc1cccc(C)c1-c1cc2nc(n1)NS(=O)(=O)c1cccc(c1)C(=O)N[C@@H](CCC(C)(C)C)CO2. The van der Waals surface area contributed by atoms with Crippen LogP contribution in [0.15, 0.2) is 53.4 Å². The highest BCUT2D eigenvalue weighted by Gasteiger charge is 2.24. The van der Waals surface area contributed by atoms with Gasteiger partial charge < -0.3 is 10.1 Å². The topological polar surface area (TPSA) is 110 Å². The molecule has 190 valence electrons. The van der Waals surface area contributed by atoms with E-state index in [-0.39, 0.29) is 46.3 Å². The van der Waals surface area contributed by atoms with Crippen LogP contribution in [-0.2, 0) is 10.0 Å². The van der Waals surface area contributed by atoms with Crippen LogP contribution in [0.1, 0.15) is 55.1 Å². The van der Waals surface area contributed by atoms with Crippen LogP contribution in [0.2, 0.25) is 0 Å². The van der Waals surface area contributed by atoms with Gasteiger partial charge in [0.2, 0.25) is 11.8 Å². The molecule has 0 radical (unpaired) electrons. The number of benzene rings is 2. The summed E-state index contributed by atoms with van der Waals surface area (Å²) < 4.78 is 34.9. The Hall–Kier alpha value is -3.46. The molecule has 1 atom stereocenters. The van der Waals surface area contributed by atoms with Crippen LogP contribution in [0.25, 0.3) is 11.3 Å². The van der Waals surface area contributed by atoms with Gasteiger partial charge in [-0.05, 0) is 61.4 Å². The van der Waals surface area contributed by atoms with Crippen molar-refractivity contribution in [2.24, 2.45) is 5.41 Å². The summed E-state index contributed by atoms with van der Waals surface area (Å²) in [5, 5.41) is 3.01. The number of hydrogen-bond donors (Lipinski definition) is 2. The number of hydrogen-bond acceptors (Lipinski definition) is 6. The van der Waals surface area contributed by atoms with Gasteiger partial charge in [-0.25, -0.2) is 18.1 Å². The monoisotopic (exact) mass is 508 g/mol. The molecule has 3 aromatic rings. The number of fused-ring (bicyclic) bond motifs is 4. The lowest BCUT2D eigenvalue weighted by molar-refractivity contribution is 0.0912. The van der Waals surface area contributed by atoms with E-state index in [1.54, 1.807) is 18.2 Å². The average molecular weight is 509 g/mol. The normalized spacial score (nSPS) is 17.5. The second kappa shape index (κ2) is 9.89. The molecule has 0 aliphatic carbocycles. The van der Waals surface area contributed by atoms with E-state index in [1.165, 1.54) is 12.1 Å². The molecule has 1 aliphatic heterocycles. The Kier molecular flexibility index (Phi) is 7.04. The van der Waals surface area contributed by atoms with Gasteiger partial charge >= 0.3 is 0 Å². The minimum atomic E-state index is -4.06. The van der Waals surface area contributed by atoms with E-state index in [0.29, 0.717) is 12.1 Å². The lowest BCUT2D eigenvalue weighted by Crippen LogP contribution is -2.39. The fraction of sp³-hybridized carbons (Fsp3) is 0.370. The summed E-state index contributed by atoms with van der Waals surface area (Å²) in [5.74, 6) is -0.232. The van der Waals surface area contributed by atoms with Gasteiger partial charge in [-0.15, -0.1) is 0 Å². The molecule has 0 fully saturated rings. The Morgan fingerprint density at radius 1 is 1.03 bits per heavy atom. The third-order valence-corrected chi connectivity index (χ3v) is 7.41. The van der Waals surface area contributed by atoms with Crippen LogP contribution in [-0.4, -0.2) is 36.9 Å². The molecule has 1 aliphatic rings. The predicted molar refractivity (Wildman–Crippen MR) is 140 cm³/mol. The van der Waals surface area contributed by atoms with Gasteiger partial charge in [-0.1, -0.05) is 45.0 Å². The fourth-order valence-electron chi connectivity index (χ4n) is 4.13. The molecule has 9 heteroatoms. The molecular weight excluding hydrogens is 476 g/mol. The molecule has 0 saturated carbocycles. The lowest BCUT2D eigenvalue weighted by atomic mass is 9.89. The van der Waals surface area contributed by atoms with Gasteiger partial charge in [0.1, 0.15) is 6.61 Å². The Morgan fingerprint density at radius 3 is 2.42 bits per heavy atom. The summed E-state index contributed by atoms with van der Waals surface area (Å²) in [5.41, 5.74) is 3.74. The molecule has 2 N–H and O–H groups in total. The first-order valence-electron chi connectivity index (χ1n) is 11.9. The molecule has 4 rings (SSSR count). The summed E-state index contributed by atoms with van der Waals surface area (Å²) >= 11 is 0. The van der Waals surface area contributed by atoms with Crippen molar-refractivity contribution in [1.82, 2.24) is 15.3 Å². The molecule has 0 spiro atoms. The van der Waals surface area contributed by atoms with Crippen molar-refractivity contribution in [3.8, 4) is 17.1 Å². The maximum Gasteiger partial charge on any atom is 0.264 e. The van der Waals surface area contributed by atoms with Gasteiger partial charge in [-0.3, -0.25) is 4.79 Å². The minimum absolute atomic E-state index is 0.0517. The Bertz CT molecular complexity index is 1380. The molecule has 2 aromatic carbocycles. The van der Waals surface area contributed by atoms with Gasteiger partial charge in [0, 0.05) is 17.2 Å². The Balaban J connectivity index is 1.82. The fourth-order valence-corrected chi connectivity index (χ4v) is 5.12. The zero-order valence-corrected chi connectivity index (χ0v) is 22.1. The van der Waals surface area contributed by atoms with Crippen LogP contribution in [0.4, 0.5) is 5.95 Å². The summed E-state index contributed by atoms with van der Waals surface area (Å²) in [6, 6.07) is 13.2. The van der Waals surface area contributed by atoms with Crippen LogP contribution in [0.5, 0.6) is 5.88 Å². The molecule has 36 heavy (non-hydrogen) atoms. The van der Waals surface area contributed by atoms with Gasteiger partial charge in [0.25, 0.3) is 15.9 Å². The minimum Gasteiger partial charge on any atom is -0.475 e. The second-order valence-electron chi connectivity index (χ2n) is 10.4. The number of rotatable bonds is 3. The van der Waals surface area contributed by atoms with E-state index in [2.05, 4.69) is 40.8 Å². The number of carbonyl (C=O) groups excluding carboxylic acids is 1. The van der Waals surface area contributed by atoms with Crippen molar-refractivity contribution in [3.05, 3.63) is 65.2 Å². The van der Waals surface area contributed by atoms with Gasteiger partial charge in [0.05, 0.1) is 16.6 Å². The molecule has 0 unspecified atom stereocenters. The quantitative estimate of drug-likeness (QED) is 0.522. The molecule has 2 heterocycles. The first-order chi connectivity index (χ1) is 16.9. The number of aryl methyl sites for hydroxylation is 2. The van der Waals surface area contributed by atoms with Crippen molar-refractivity contribution >= 4 is 21.9 Å². The number of anilines is 1. The summed E-state index contributed by atoms with van der Waals surface area (Å²) in [6.45, 7) is 10.5. The second-order valence-corrected chi connectivity index (χ2v) is 12.1. The third kappa shape index (κ3) is 6.02. The lowest BCUT2D eigenvalue weighted by Gasteiger charge is -2.24. The van der Waals surface area contributed by atoms with Crippen molar-refractivity contribution in [2.75, 3.05) is 11.3 Å². The molecule has 0 saturated heterocycles. The van der Waals surface area contributed by atoms with E-state index in [9.17, 15) is 13.2 Å². The highest BCUT2D eigenvalue weighted by atomic mass is 32.2. The van der Waals surface area contributed by atoms with Crippen LogP contribution in [0, 0.1) is 19.3 Å². The maximum atomic E-state index is 13.2. The molecule has 1 amide bonds. The highest BCUT2D eigenvalue weighted by Crippen LogP contribution is 2.30. The standard InChI is InChI=1S/C27H32N4O4S/c1-17-8-6-9-18(2)24(17)22-15-23-30-26(29-22)31-36(33,34)21-11-7-10-19(14-21)25(32)28-20(16-35-23)12-13-27(3,4)5/h6-11,14-15,20H,12-13,16H2,1-5H3,(H,28,32)(H,29,30,31)/t20-/m0/s1. The van der Waals surface area contributed by atoms with Crippen LogP contribution >= 0.6 is 0 Å². The maximum absolute atomic E-state index is 13.2. The van der Waals surface area contributed by atoms with Gasteiger partial charge in [0.15, 0.2) is 0 Å². The zero-order valence-electron chi connectivity index (χ0n) is 21.3.